The van der Waals surface area contributed by atoms with Crippen LogP contribution in [0.4, 0.5) is 5.69 Å². The molecule has 2 aromatic heterocycles. The number of ketones is 1. The Balaban J connectivity index is 1.67. The summed E-state index contributed by atoms with van der Waals surface area (Å²) in [5.74, 6) is -2.38. The molecule has 0 bridgehead atoms. The van der Waals surface area contributed by atoms with Crippen molar-refractivity contribution in [2.24, 2.45) is 0 Å². The highest BCUT2D eigenvalue weighted by Gasteiger charge is 2.46. The van der Waals surface area contributed by atoms with E-state index in [2.05, 4.69) is 4.98 Å². The number of halogens is 1. The number of anilines is 1. The van der Waals surface area contributed by atoms with E-state index in [0.717, 1.165) is 0 Å². The second-order valence-corrected chi connectivity index (χ2v) is 7.67. The molecule has 1 aliphatic rings. The average Bonchev–Trinajstić information content (AvgIpc) is 3.33. The number of hydrogen-bond acceptors (Lipinski definition) is 6. The van der Waals surface area contributed by atoms with E-state index in [9.17, 15) is 19.8 Å². The number of furan rings is 1. The molecule has 1 amide bonds. The minimum Gasteiger partial charge on any atom is -0.506 e. The van der Waals surface area contributed by atoms with E-state index in [1.807, 2.05) is 0 Å². The molecule has 0 saturated carbocycles. The molecule has 0 radical (unpaired) electrons. The lowest BCUT2D eigenvalue weighted by Gasteiger charge is -2.27. The maximum atomic E-state index is 13.5. The van der Waals surface area contributed by atoms with Crippen molar-refractivity contribution in [2.75, 3.05) is 4.90 Å². The maximum Gasteiger partial charge on any atom is 0.294 e. The predicted octanol–water partition coefficient (Wildman–Crippen LogP) is 4.97. The number of carbonyl (C=O) groups excluding carboxylic acids is 2. The quantitative estimate of drug-likeness (QED) is 0.429. The van der Waals surface area contributed by atoms with Gasteiger partial charge in [-0.15, -0.1) is 0 Å². The van der Waals surface area contributed by atoms with Crippen LogP contribution in [0.3, 0.4) is 0 Å². The smallest absolute Gasteiger partial charge is 0.294 e. The van der Waals surface area contributed by atoms with Crippen LogP contribution < -0.4 is 4.90 Å². The summed E-state index contributed by atoms with van der Waals surface area (Å²) < 4.78 is 5.68. The molecular weight excluding hydrogens is 432 g/mol. The Hall–Kier alpha value is -4.10. The Morgan fingerprint density at radius 3 is 2.53 bits per heavy atom. The normalized spacial score (nSPS) is 16.2. The molecule has 8 heteroatoms. The van der Waals surface area contributed by atoms with Crippen molar-refractivity contribution in [3.63, 3.8) is 0 Å². The first-order chi connectivity index (χ1) is 15.5. The maximum absolute atomic E-state index is 13.5. The van der Waals surface area contributed by atoms with Crippen molar-refractivity contribution in [1.82, 2.24) is 4.98 Å². The third-order valence-corrected chi connectivity index (χ3v) is 5.55. The molecule has 0 saturated heterocycles. The fourth-order valence-corrected chi connectivity index (χ4v) is 4.05. The van der Waals surface area contributed by atoms with Gasteiger partial charge >= 0.3 is 0 Å². The summed E-state index contributed by atoms with van der Waals surface area (Å²) in [6.07, 6.45) is 3.03. The zero-order valence-electron chi connectivity index (χ0n) is 16.4. The molecule has 4 aromatic rings. The van der Waals surface area contributed by atoms with Crippen molar-refractivity contribution >= 4 is 39.9 Å². The van der Waals surface area contributed by atoms with Gasteiger partial charge in [-0.25, -0.2) is 0 Å². The SMILES string of the molecule is O=C(C1=C(O)C(=O)N(c2ccccc2O)C1c1ccncc1)c1cc2cc(Cl)ccc2o1. The van der Waals surface area contributed by atoms with E-state index in [4.69, 9.17) is 16.0 Å². The van der Waals surface area contributed by atoms with Crippen LogP contribution in [0.15, 0.2) is 88.8 Å². The molecule has 7 nitrogen and oxygen atoms in total. The van der Waals surface area contributed by atoms with E-state index in [0.29, 0.717) is 21.6 Å². The number of carbonyl (C=O) groups is 2. The first kappa shape index (κ1) is 19.8. The largest absolute Gasteiger partial charge is 0.506 e. The first-order valence-electron chi connectivity index (χ1n) is 9.64. The van der Waals surface area contributed by atoms with Gasteiger partial charge < -0.3 is 14.6 Å². The molecule has 0 spiro atoms. The molecule has 0 fully saturated rings. The zero-order valence-corrected chi connectivity index (χ0v) is 17.2. The molecule has 1 unspecified atom stereocenters. The molecule has 5 rings (SSSR count). The van der Waals surface area contributed by atoms with Gasteiger partial charge in [0.1, 0.15) is 11.3 Å². The Morgan fingerprint density at radius 2 is 1.78 bits per heavy atom. The van der Waals surface area contributed by atoms with E-state index < -0.39 is 23.5 Å². The van der Waals surface area contributed by atoms with Crippen molar-refractivity contribution in [2.45, 2.75) is 6.04 Å². The van der Waals surface area contributed by atoms with Gasteiger partial charge in [-0.05, 0) is 54.1 Å². The number of fused-ring (bicyclic) bond motifs is 1. The second kappa shape index (κ2) is 7.55. The number of rotatable bonds is 4. The lowest BCUT2D eigenvalue weighted by molar-refractivity contribution is -0.117. The zero-order chi connectivity index (χ0) is 22.4. The van der Waals surface area contributed by atoms with Gasteiger partial charge in [0.25, 0.3) is 5.91 Å². The molecule has 32 heavy (non-hydrogen) atoms. The van der Waals surface area contributed by atoms with Crippen LogP contribution in [0.2, 0.25) is 5.02 Å². The van der Waals surface area contributed by atoms with Crippen molar-refractivity contribution in [1.29, 1.82) is 0 Å². The summed E-state index contributed by atoms with van der Waals surface area (Å²) >= 11 is 6.03. The number of aromatic hydroxyl groups is 1. The van der Waals surface area contributed by atoms with Gasteiger partial charge in [-0.2, -0.15) is 0 Å². The highest BCUT2D eigenvalue weighted by Crippen LogP contribution is 2.44. The number of benzene rings is 2. The lowest BCUT2D eigenvalue weighted by atomic mass is 9.95. The first-order valence-corrected chi connectivity index (χ1v) is 10.0. The van der Waals surface area contributed by atoms with E-state index in [-0.39, 0.29) is 22.8 Å². The Labute approximate surface area is 186 Å². The van der Waals surface area contributed by atoms with Crippen molar-refractivity contribution < 1.29 is 24.2 Å². The molecule has 2 N–H and O–H groups in total. The summed E-state index contributed by atoms with van der Waals surface area (Å²) in [5, 5.41) is 22.2. The van der Waals surface area contributed by atoms with Gasteiger partial charge in [0.05, 0.1) is 17.3 Å². The highest BCUT2D eigenvalue weighted by atomic mass is 35.5. The molecule has 0 aliphatic carbocycles. The number of Topliss-reactive ketones (excluding diaryl/α,β-unsaturated/α-hetero) is 1. The lowest BCUT2D eigenvalue weighted by Crippen LogP contribution is -2.31. The van der Waals surface area contributed by atoms with Gasteiger partial charge in [-0.1, -0.05) is 23.7 Å². The highest BCUT2D eigenvalue weighted by molar-refractivity contribution is 6.31. The van der Waals surface area contributed by atoms with Gasteiger partial charge in [0.15, 0.2) is 11.5 Å². The van der Waals surface area contributed by atoms with Gasteiger partial charge in [0, 0.05) is 22.8 Å². The minimum atomic E-state index is -0.997. The van der Waals surface area contributed by atoms with Crippen LogP contribution in [0, 0.1) is 0 Å². The van der Waals surface area contributed by atoms with Crippen LogP contribution in [0.25, 0.3) is 11.0 Å². The number of aliphatic hydroxyl groups is 1. The number of nitrogens with zero attached hydrogens (tertiary/aromatic N) is 2. The summed E-state index contributed by atoms with van der Waals surface area (Å²) in [5.41, 5.74) is 0.975. The van der Waals surface area contributed by atoms with E-state index in [1.54, 1.807) is 42.5 Å². The average molecular weight is 447 g/mol. The minimum absolute atomic E-state index is 0.0465. The Bertz CT molecular complexity index is 1410. The monoisotopic (exact) mass is 446 g/mol. The molecular formula is C24H15ClN2O5. The topological polar surface area (TPSA) is 104 Å². The Morgan fingerprint density at radius 1 is 1.03 bits per heavy atom. The van der Waals surface area contributed by atoms with Crippen LogP contribution >= 0.6 is 11.6 Å². The Kier molecular flexibility index (Phi) is 4.68. The fraction of sp³-hybridized carbons (Fsp3) is 0.0417. The van der Waals surface area contributed by atoms with Crippen molar-refractivity contribution in [3.05, 3.63) is 101 Å². The summed E-state index contributed by atoms with van der Waals surface area (Å²) in [4.78, 5) is 31.8. The molecule has 3 heterocycles. The van der Waals surface area contributed by atoms with Crippen LogP contribution in [0.1, 0.15) is 22.2 Å². The van der Waals surface area contributed by atoms with E-state index in [1.165, 1.54) is 35.5 Å². The number of hydrogen-bond donors (Lipinski definition) is 2. The number of phenolic OH excluding ortho intramolecular Hbond substituents is 1. The van der Waals surface area contributed by atoms with Crippen LogP contribution in [0.5, 0.6) is 5.75 Å². The predicted molar refractivity (Wildman–Crippen MR) is 118 cm³/mol. The number of phenols is 1. The summed E-state index contributed by atoms with van der Waals surface area (Å²) in [6.45, 7) is 0. The molecule has 1 aliphatic heterocycles. The summed E-state index contributed by atoms with van der Waals surface area (Å²) in [6, 6.07) is 14.9. The molecule has 1 atom stereocenters. The standard InChI is InChI=1S/C24H15ClN2O5/c25-15-5-6-18-14(11-15)12-19(32-18)22(29)20-21(13-7-9-26-10-8-13)27(24(31)23(20)30)16-3-1-2-4-17(16)28/h1-12,21,28,30H. The van der Waals surface area contributed by atoms with E-state index >= 15 is 0 Å². The molecule has 158 valence electrons. The third-order valence-electron chi connectivity index (χ3n) is 5.32. The van der Waals surface area contributed by atoms with Gasteiger partial charge in [0.2, 0.25) is 5.78 Å². The number of amides is 1. The number of aliphatic hydroxyl groups excluding tert-OH is 1. The third kappa shape index (κ3) is 3.11. The van der Waals surface area contributed by atoms with Gasteiger partial charge in [-0.3, -0.25) is 19.5 Å². The number of pyridine rings is 1. The second-order valence-electron chi connectivity index (χ2n) is 7.23. The molecule has 2 aromatic carbocycles. The number of para-hydroxylation sites is 2. The fourth-order valence-electron chi connectivity index (χ4n) is 3.87. The van der Waals surface area contributed by atoms with Crippen LogP contribution in [-0.2, 0) is 4.79 Å². The number of aromatic nitrogens is 1. The van der Waals surface area contributed by atoms with Crippen LogP contribution in [-0.4, -0.2) is 26.9 Å². The van der Waals surface area contributed by atoms with Crippen molar-refractivity contribution in [3.8, 4) is 5.75 Å². The summed E-state index contributed by atoms with van der Waals surface area (Å²) in [7, 11) is 0.